The van der Waals surface area contributed by atoms with Crippen LogP contribution in [0.4, 0.5) is 5.69 Å². The molecule has 0 saturated heterocycles. The summed E-state index contributed by atoms with van der Waals surface area (Å²) in [6, 6.07) is 14.9. The van der Waals surface area contributed by atoms with Crippen LogP contribution in [0, 0.1) is 0 Å². The minimum absolute atomic E-state index is 0.243. The molecule has 0 aliphatic heterocycles. The van der Waals surface area contributed by atoms with E-state index < -0.39 is 0 Å². The third-order valence-corrected chi connectivity index (χ3v) is 4.13. The number of nitrogens with two attached hydrogens (primary N) is 1. The summed E-state index contributed by atoms with van der Waals surface area (Å²) >= 11 is 0. The topological polar surface area (TPSA) is 98.8 Å². The third-order valence-electron chi connectivity index (χ3n) is 4.13. The van der Waals surface area contributed by atoms with Crippen LogP contribution in [-0.4, -0.2) is 26.6 Å². The first-order chi connectivity index (χ1) is 12.6. The molecule has 7 nitrogen and oxygen atoms in total. The smallest absolute Gasteiger partial charge is 0.277 e. The van der Waals surface area contributed by atoms with E-state index in [1.807, 2.05) is 36.4 Å². The number of hydrogen-bond donors (Lipinski definition) is 2. The molecular formula is C19H17N5O2. The van der Waals surface area contributed by atoms with E-state index in [2.05, 4.69) is 15.0 Å². The minimum atomic E-state index is -0.243. The number of nitrogens with one attached hydrogen (secondary N) is 1. The SMILES string of the molecule is COc1cccc(Cn2cnc3nc(-c4cccc(N)c4)[nH]c(=O)c32)c1. The fourth-order valence-corrected chi connectivity index (χ4v) is 2.90. The Hall–Kier alpha value is -3.61. The first-order valence-corrected chi connectivity index (χ1v) is 8.08. The van der Waals surface area contributed by atoms with Gasteiger partial charge in [0.25, 0.3) is 5.56 Å². The average Bonchev–Trinajstić information content (AvgIpc) is 3.05. The number of methoxy groups -OCH3 is 1. The van der Waals surface area contributed by atoms with Crippen molar-refractivity contribution in [2.75, 3.05) is 12.8 Å². The lowest BCUT2D eigenvalue weighted by Crippen LogP contribution is -2.13. The Morgan fingerprint density at radius 1 is 1.19 bits per heavy atom. The molecule has 0 radical (unpaired) electrons. The molecule has 3 N–H and O–H groups in total. The molecule has 0 saturated carbocycles. The maximum absolute atomic E-state index is 12.6. The van der Waals surface area contributed by atoms with Crippen molar-refractivity contribution >= 4 is 16.9 Å². The Labute approximate surface area is 149 Å². The Morgan fingerprint density at radius 3 is 2.85 bits per heavy atom. The van der Waals surface area contributed by atoms with Gasteiger partial charge in [0.05, 0.1) is 13.4 Å². The van der Waals surface area contributed by atoms with Crippen LogP contribution in [0.5, 0.6) is 5.75 Å². The standard InChI is InChI=1S/C19H17N5O2/c1-26-15-7-2-4-12(8-15)10-24-11-21-18-16(24)19(25)23-17(22-18)13-5-3-6-14(20)9-13/h2-9,11H,10,20H2,1H3,(H,22,23,25). The monoisotopic (exact) mass is 347 g/mol. The molecule has 130 valence electrons. The number of aromatic amines is 1. The number of aromatic nitrogens is 4. The lowest BCUT2D eigenvalue weighted by molar-refractivity contribution is 0.414. The highest BCUT2D eigenvalue weighted by molar-refractivity contribution is 5.73. The Balaban J connectivity index is 1.76. The predicted octanol–water partition coefficient (Wildman–Crippen LogP) is 2.43. The van der Waals surface area contributed by atoms with Crippen LogP contribution in [-0.2, 0) is 6.54 Å². The van der Waals surface area contributed by atoms with Gasteiger partial charge in [-0.2, -0.15) is 0 Å². The van der Waals surface area contributed by atoms with E-state index in [0.717, 1.165) is 16.9 Å². The summed E-state index contributed by atoms with van der Waals surface area (Å²) in [6.07, 6.45) is 1.62. The zero-order chi connectivity index (χ0) is 18.1. The highest BCUT2D eigenvalue weighted by Crippen LogP contribution is 2.19. The van der Waals surface area contributed by atoms with Gasteiger partial charge in [0.1, 0.15) is 11.6 Å². The lowest BCUT2D eigenvalue weighted by atomic mass is 10.2. The fraction of sp³-hybridized carbons (Fsp3) is 0.105. The van der Waals surface area contributed by atoms with Crippen molar-refractivity contribution in [3.8, 4) is 17.1 Å². The first-order valence-electron chi connectivity index (χ1n) is 8.08. The molecule has 7 heteroatoms. The molecule has 0 bridgehead atoms. The fourth-order valence-electron chi connectivity index (χ4n) is 2.90. The molecule has 0 spiro atoms. The van der Waals surface area contributed by atoms with Gasteiger partial charge in [-0.1, -0.05) is 24.3 Å². The summed E-state index contributed by atoms with van der Waals surface area (Å²) < 4.78 is 7.02. The molecule has 0 fully saturated rings. The van der Waals surface area contributed by atoms with Crippen LogP contribution in [0.15, 0.2) is 59.7 Å². The molecule has 0 atom stereocenters. The van der Waals surface area contributed by atoms with Gasteiger partial charge in [-0.25, -0.2) is 9.97 Å². The van der Waals surface area contributed by atoms with Gasteiger partial charge in [-0.3, -0.25) is 4.79 Å². The van der Waals surface area contributed by atoms with Crippen LogP contribution in [0.1, 0.15) is 5.56 Å². The molecule has 0 amide bonds. The number of benzene rings is 2. The largest absolute Gasteiger partial charge is 0.497 e. The van der Waals surface area contributed by atoms with Gasteiger partial charge in [-0.15, -0.1) is 0 Å². The highest BCUT2D eigenvalue weighted by Gasteiger charge is 2.12. The molecule has 2 aromatic carbocycles. The first kappa shape index (κ1) is 15.9. The van der Waals surface area contributed by atoms with Gasteiger partial charge < -0.3 is 20.0 Å². The normalized spacial score (nSPS) is 11.0. The maximum Gasteiger partial charge on any atom is 0.277 e. The second kappa shape index (κ2) is 6.36. The van der Waals surface area contributed by atoms with E-state index in [-0.39, 0.29) is 5.56 Å². The number of nitrogens with zero attached hydrogens (tertiary/aromatic N) is 3. The van der Waals surface area contributed by atoms with Gasteiger partial charge in [0.2, 0.25) is 0 Å². The van der Waals surface area contributed by atoms with Crippen molar-refractivity contribution < 1.29 is 4.74 Å². The molecule has 2 aromatic heterocycles. The number of imidazole rings is 1. The molecule has 4 aromatic rings. The maximum atomic E-state index is 12.6. The molecule has 0 unspecified atom stereocenters. The van der Waals surface area contributed by atoms with Crippen LogP contribution in [0.2, 0.25) is 0 Å². The Morgan fingerprint density at radius 2 is 2.04 bits per heavy atom. The number of hydrogen-bond acceptors (Lipinski definition) is 5. The van der Waals surface area contributed by atoms with Crippen molar-refractivity contribution in [2.45, 2.75) is 6.54 Å². The molecule has 0 aliphatic rings. The van der Waals surface area contributed by atoms with Crippen molar-refractivity contribution in [3.05, 3.63) is 70.8 Å². The number of fused-ring (bicyclic) bond motifs is 1. The second-order valence-electron chi connectivity index (χ2n) is 5.94. The third kappa shape index (κ3) is 2.90. The summed E-state index contributed by atoms with van der Waals surface area (Å²) in [4.78, 5) is 24.2. The quantitative estimate of drug-likeness (QED) is 0.552. The van der Waals surface area contributed by atoms with E-state index in [1.165, 1.54) is 0 Å². The molecule has 4 rings (SSSR count). The predicted molar refractivity (Wildman–Crippen MR) is 100 cm³/mol. The van der Waals surface area contributed by atoms with Crippen molar-refractivity contribution in [3.63, 3.8) is 0 Å². The Kier molecular flexibility index (Phi) is 3.89. The van der Waals surface area contributed by atoms with Gasteiger partial charge >= 0.3 is 0 Å². The average molecular weight is 347 g/mol. The van der Waals surface area contributed by atoms with Crippen LogP contribution in [0.3, 0.4) is 0 Å². The zero-order valence-corrected chi connectivity index (χ0v) is 14.1. The molecule has 26 heavy (non-hydrogen) atoms. The van der Waals surface area contributed by atoms with E-state index in [1.54, 1.807) is 30.1 Å². The minimum Gasteiger partial charge on any atom is -0.497 e. The van der Waals surface area contributed by atoms with E-state index in [9.17, 15) is 4.79 Å². The summed E-state index contributed by atoms with van der Waals surface area (Å²) in [5.41, 5.74) is 8.75. The molecule has 2 heterocycles. The van der Waals surface area contributed by atoms with Crippen molar-refractivity contribution in [2.24, 2.45) is 0 Å². The highest BCUT2D eigenvalue weighted by atomic mass is 16.5. The Bertz CT molecular complexity index is 1150. The summed E-state index contributed by atoms with van der Waals surface area (Å²) in [5, 5.41) is 0. The number of ether oxygens (including phenoxy) is 1. The van der Waals surface area contributed by atoms with Crippen LogP contribution < -0.4 is 16.0 Å². The number of nitrogen functional groups attached to an aromatic ring is 1. The van der Waals surface area contributed by atoms with E-state index in [0.29, 0.717) is 29.2 Å². The summed E-state index contributed by atoms with van der Waals surface area (Å²) in [6.45, 7) is 0.496. The van der Waals surface area contributed by atoms with Crippen LogP contribution in [0.25, 0.3) is 22.6 Å². The van der Waals surface area contributed by atoms with Crippen molar-refractivity contribution in [1.82, 2.24) is 19.5 Å². The number of rotatable bonds is 4. The zero-order valence-electron chi connectivity index (χ0n) is 14.1. The van der Waals surface area contributed by atoms with Crippen molar-refractivity contribution in [1.29, 1.82) is 0 Å². The summed E-state index contributed by atoms with van der Waals surface area (Å²) in [5.74, 6) is 1.21. The van der Waals surface area contributed by atoms with Gasteiger partial charge in [0.15, 0.2) is 11.2 Å². The summed E-state index contributed by atoms with van der Waals surface area (Å²) in [7, 11) is 1.62. The van der Waals surface area contributed by atoms with Gasteiger partial charge in [-0.05, 0) is 29.8 Å². The second-order valence-corrected chi connectivity index (χ2v) is 5.94. The molecular weight excluding hydrogens is 330 g/mol. The van der Waals surface area contributed by atoms with Gasteiger partial charge in [0, 0.05) is 17.8 Å². The molecule has 0 aliphatic carbocycles. The lowest BCUT2D eigenvalue weighted by Gasteiger charge is -2.07. The van der Waals surface area contributed by atoms with Crippen LogP contribution >= 0.6 is 0 Å². The van der Waals surface area contributed by atoms with E-state index >= 15 is 0 Å². The number of H-pyrrole nitrogens is 1. The van der Waals surface area contributed by atoms with E-state index in [4.69, 9.17) is 10.5 Å². The number of anilines is 1.